The van der Waals surface area contributed by atoms with Crippen molar-refractivity contribution in [1.82, 2.24) is 0 Å². The lowest BCUT2D eigenvalue weighted by atomic mass is 10.2. The second-order valence-electron chi connectivity index (χ2n) is 3.50. The maximum Gasteiger partial charge on any atom is 0.231 e. The first-order chi connectivity index (χ1) is 7.90. The van der Waals surface area contributed by atoms with Gasteiger partial charge in [0.15, 0.2) is 11.5 Å². The summed E-state index contributed by atoms with van der Waals surface area (Å²) in [5, 5.41) is 8.35. The number of hydrogen-bond donors (Lipinski definition) is 0. The Balaban J connectivity index is 1.80. The molecule has 1 aromatic rings. The van der Waals surface area contributed by atoms with Crippen LogP contribution in [0.15, 0.2) is 18.2 Å². The summed E-state index contributed by atoms with van der Waals surface area (Å²) in [6.45, 7) is 1.45. The molecule has 0 saturated carbocycles. The van der Waals surface area contributed by atoms with Crippen LogP contribution < -0.4 is 9.47 Å². The van der Waals surface area contributed by atoms with E-state index in [1.54, 1.807) is 0 Å². The van der Waals surface area contributed by atoms with Gasteiger partial charge in [-0.2, -0.15) is 5.26 Å². The maximum atomic E-state index is 8.35. The Labute approximate surface area is 94.3 Å². The molecule has 84 valence electrons. The Morgan fingerprint density at radius 3 is 3.06 bits per heavy atom. The Morgan fingerprint density at radius 1 is 1.31 bits per heavy atom. The van der Waals surface area contributed by atoms with Crippen LogP contribution in [0.5, 0.6) is 11.5 Å². The van der Waals surface area contributed by atoms with Crippen LogP contribution in [0.1, 0.15) is 18.4 Å². The van der Waals surface area contributed by atoms with Crippen LogP contribution in [0.3, 0.4) is 0 Å². The third-order valence-electron chi connectivity index (χ3n) is 2.28. The van der Waals surface area contributed by atoms with Crippen molar-refractivity contribution in [2.45, 2.75) is 19.4 Å². The molecule has 4 nitrogen and oxygen atoms in total. The fraction of sp³-hybridized carbons (Fsp3) is 0.417. The monoisotopic (exact) mass is 219 g/mol. The highest BCUT2D eigenvalue weighted by Crippen LogP contribution is 2.32. The molecule has 4 heteroatoms. The van der Waals surface area contributed by atoms with Crippen molar-refractivity contribution in [1.29, 1.82) is 5.26 Å². The van der Waals surface area contributed by atoms with Crippen LogP contribution in [0, 0.1) is 11.3 Å². The number of nitrogens with zero attached hydrogens (tertiary/aromatic N) is 1. The molecular formula is C12H13NO3. The highest BCUT2D eigenvalue weighted by atomic mass is 16.7. The lowest BCUT2D eigenvalue weighted by molar-refractivity contribution is 0.119. The van der Waals surface area contributed by atoms with Crippen LogP contribution in [0.25, 0.3) is 0 Å². The van der Waals surface area contributed by atoms with Gasteiger partial charge in [0.05, 0.1) is 12.7 Å². The summed E-state index contributed by atoms with van der Waals surface area (Å²) in [6, 6.07) is 7.85. The predicted octanol–water partition coefficient (Wildman–Crippen LogP) is 2.24. The second kappa shape index (κ2) is 5.38. The van der Waals surface area contributed by atoms with E-state index in [0.29, 0.717) is 26.4 Å². The summed E-state index contributed by atoms with van der Waals surface area (Å²) in [5.74, 6) is 1.56. The smallest absolute Gasteiger partial charge is 0.231 e. The van der Waals surface area contributed by atoms with Gasteiger partial charge in [-0.25, -0.2) is 0 Å². The van der Waals surface area contributed by atoms with Gasteiger partial charge < -0.3 is 14.2 Å². The van der Waals surface area contributed by atoms with E-state index in [1.165, 1.54) is 0 Å². The van der Waals surface area contributed by atoms with Crippen molar-refractivity contribution in [3.05, 3.63) is 23.8 Å². The number of hydrogen-bond acceptors (Lipinski definition) is 4. The first-order valence-electron chi connectivity index (χ1n) is 5.23. The zero-order valence-electron chi connectivity index (χ0n) is 8.94. The largest absolute Gasteiger partial charge is 0.454 e. The maximum absolute atomic E-state index is 8.35. The van der Waals surface area contributed by atoms with Gasteiger partial charge >= 0.3 is 0 Å². The minimum Gasteiger partial charge on any atom is -0.454 e. The van der Waals surface area contributed by atoms with E-state index in [0.717, 1.165) is 23.5 Å². The molecule has 0 N–H and O–H groups in total. The van der Waals surface area contributed by atoms with Gasteiger partial charge in [-0.3, -0.25) is 0 Å². The number of unbranched alkanes of at least 4 members (excludes halogenated alkanes) is 1. The van der Waals surface area contributed by atoms with Gasteiger partial charge in [-0.15, -0.1) is 0 Å². The molecule has 0 spiro atoms. The summed E-state index contributed by atoms with van der Waals surface area (Å²) in [7, 11) is 0. The van der Waals surface area contributed by atoms with Crippen LogP contribution in [0.4, 0.5) is 0 Å². The predicted molar refractivity (Wildman–Crippen MR) is 57.1 cm³/mol. The first kappa shape index (κ1) is 10.8. The molecule has 0 aromatic heterocycles. The molecule has 0 radical (unpaired) electrons. The van der Waals surface area contributed by atoms with Gasteiger partial charge in [0.2, 0.25) is 6.79 Å². The number of ether oxygens (including phenoxy) is 3. The van der Waals surface area contributed by atoms with Crippen molar-refractivity contribution >= 4 is 0 Å². The third-order valence-corrected chi connectivity index (χ3v) is 2.28. The van der Waals surface area contributed by atoms with Gasteiger partial charge in [0.25, 0.3) is 0 Å². The Kier molecular flexibility index (Phi) is 3.62. The quantitative estimate of drug-likeness (QED) is 0.712. The van der Waals surface area contributed by atoms with E-state index >= 15 is 0 Å². The minimum atomic E-state index is 0.293. The van der Waals surface area contributed by atoms with E-state index in [9.17, 15) is 0 Å². The average molecular weight is 219 g/mol. The van der Waals surface area contributed by atoms with Gasteiger partial charge in [-0.1, -0.05) is 6.07 Å². The van der Waals surface area contributed by atoms with E-state index in [-0.39, 0.29) is 0 Å². The van der Waals surface area contributed by atoms with E-state index in [4.69, 9.17) is 19.5 Å². The molecule has 1 aliphatic rings. The van der Waals surface area contributed by atoms with Gasteiger partial charge in [0.1, 0.15) is 0 Å². The molecule has 0 amide bonds. The standard InChI is InChI=1S/C12H13NO3/c13-5-1-2-6-14-8-10-3-4-11-12(7-10)16-9-15-11/h3-4,7H,1-2,6,8-9H2. The molecular weight excluding hydrogens is 206 g/mol. The summed E-state index contributed by atoms with van der Waals surface area (Å²) in [5.41, 5.74) is 1.06. The SMILES string of the molecule is N#CCCCOCc1ccc2c(c1)OCO2. The molecule has 1 aromatic carbocycles. The van der Waals surface area contributed by atoms with E-state index in [1.807, 2.05) is 18.2 Å². The van der Waals surface area contributed by atoms with Crippen molar-refractivity contribution in [3.63, 3.8) is 0 Å². The van der Waals surface area contributed by atoms with E-state index < -0.39 is 0 Å². The molecule has 0 aliphatic carbocycles. The number of fused-ring (bicyclic) bond motifs is 1. The molecule has 0 saturated heterocycles. The van der Waals surface area contributed by atoms with Gasteiger partial charge in [0, 0.05) is 13.0 Å². The highest BCUT2D eigenvalue weighted by Gasteiger charge is 2.12. The minimum absolute atomic E-state index is 0.293. The first-order valence-corrected chi connectivity index (χ1v) is 5.23. The lowest BCUT2D eigenvalue weighted by Crippen LogP contribution is -1.95. The van der Waals surface area contributed by atoms with E-state index in [2.05, 4.69) is 6.07 Å². The number of rotatable bonds is 5. The highest BCUT2D eigenvalue weighted by molar-refractivity contribution is 5.44. The zero-order chi connectivity index (χ0) is 11.2. The summed E-state index contributed by atoms with van der Waals surface area (Å²) >= 11 is 0. The Bertz CT molecular complexity index is 398. The topological polar surface area (TPSA) is 51.5 Å². The van der Waals surface area contributed by atoms with Gasteiger partial charge in [-0.05, 0) is 24.1 Å². The van der Waals surface area contributed by atoms with Crippen LogP contribution in [-0.2, 0) is 11.3 Å². The van der Waals surface area contributed by atoms with Crippen LogP contribution in [0.2, 0.25) is 0 Å². The summed E-state index contributed by atoms with van der Waals surface area (Å²) < 4.78 is 15.9. The molecule has 16 heavy (non-hydrogen) atoms. The molecule has 1 heterocycles. The van der Waals surface area contributed by atoms with Crippen molar-refractivity contribution in [2.24, 2.45) is 0 Å². The van der Waals surface area contributed by atoms with Crippen molar-refractivity contribution in [2.75, 3.05) is 13.4 Å². The molecule has 0 fully saturated rings. The molecule has 1 aliphatic heterocycles. The Morgan fingerprint density at radius 2 is 2.19 bits per heavy atom. The van der Waals surface area contributed by atoms with Crippen LogP contribution >= 0.6 is 0 Å². The normalized spacial score (nSPS) is 12.4. The fourth-order valence-corrected chi connectivity index (χ4v) is 1.47. The lowest BCUT2D eigenvalue weighted by Gasteiger charge is -2.04. The number of benzene rings is 1. The van der Waals surface area contributed by atoms with Crippen molar-refractivity contribution in [3.8, 4) is 17.6 Å². The zero-order valence-corrected chi connectivity index (χ0v) is 8.94. The fourth-order valence-electron chi connectivity index (χ4n) is 1.47. The average Bonchev–Trinajstić information content (AvgIpc) is 2.76. The van der Waals surface area contributed by atoms with Crippen LogP contribution in [-0.4, -0.2) is 13.4 Å². The molecule has 2 rings (SSSR count). The summed E-state index contributed by atoms with van der Waals surface area (Å²) in [6.07, 6.45) is 1.32. The van der Waals surface area contributed by atoms with Crippen molar-refractivity contribution < 1.29 is 14.2 Å². The molecule has 0 atom stereocenters. The molecule has 0 unspecified atom stereocenters. The Hall–Kier alpha value is -1.73. The second-order valence-corrected chi connectivity index (χ2v) is 3.50. The third kappa shape index (κ3) is 2.65. The summed E-state index contributed by atoms with van der Waals surface area (Å²) in [4.78, 5) is 0. The molecule has 0 bridgehead atoms. The number of nitriles is 1.